The van der Waals surface area contributed by atoms with Crippen LogP contribution in [0.2, 0.25) is 0 Å². The number of hydrogen-bond donors (Lipinski definition) is 0. The molecule has 1 aromatic carbocycles. The zero-order valence-electron chi connectivity index (χ0n) is 14.4. The fourth-order valence-corrected chi connectivity index (χ4v) is 5.86. The number of nitrogens with zero attached hydrogens (tertiary/aromatic N) is 4. The van der Waals surface area contributed by atoms with Crippen molar-refractivity contribution in [3.8, 4) is 0 Å². The number of rotatable bonds is 2. The molecular weight excluding hydrogens is 344 g/mol. The van der Waals surface area contributed by atoms with E-state index in [-0.39, 0.29) is 34.8 Å². The summed E-state index contributed by atoms with van der Waals surface area (Å²) < 4.78 is 33.0. The van der Waals surface area contributed by atoms with Crippen molar-refractivity contribution in [2.24, 2.45) is 5.92 Å². The first-order valence-electron chi connectivity index (χ1n) is 8.30. The summed E-state index contributed by atoms with van der Waals surface area (Å²) in [6, 6.07) is 1.70. The predicted molar refractivity (Wildman–Crippen MR) is 89.3 cm³/mol. The molecule has 4 heterocycles. The van der Waals surface area contributed by atoms with Gasteiger partial charge in [-0.05, 0) is 48.1 Å². The molecule has 9 heteroatoms. The third kappa shape index (κ3) is 2.36. The van der Waals surface area contributed by atoms with Gasteiger partial charge in [0.1, 0.15) is 10.4 Å². The maximum Gasteiger partial charge on any atom is 0.245 e. The van der Waals surface area contributed by atoms with E-state index in [1.807, 2.05) is 6.92 Å². The summed E-state index contributed by atoms with van der Waals surface area (Å²) in [5.74, 6) is -0.252. The summed E-state index contributed by atoms with van der Waals surface area (Å²) in [6.07, 6.45) is 1.56. The van der Waals surface area contributed by atoms with E-state index < -0.39 is 10.0 Å². The molecular formula is C16H20N4O4S. The molecule has 1 aromatic heterocycles. The summed E-state index contributed by atoms with van der Waals surface area (Å²) in [7, 11) is -2.05. The molecule has 5 rings (SSSR count). The number of aryl methyl sites for hydroxylation is 2. The number of carbonyl (C=O) groups excluding carboxylic acids is 1. The van der Waals surface area contributed by atoms with Crippen molar-refractivity contribution in [3.05, 3.63) is 17.2 Å². The second-order valence-electron chi connectivity index (χ2n) is 7.00. The van der Waals surface area contributed by atoms with Crippen molar-refractivity contribution < 1.29 is 17.8 Å². The number of aromatic nitrogens is 2. The molecule has 134 valence electrons. The lowest BCUT2D eigenvalue weighted by molar-refractivity contribution is -0.138. The number of benzene rings is 1. The SMILES string of the molecule is Cc1cc(C)c2nonc2c1S(=O)(=O)N1C[C@H]2CC[C@@H](C1)N(C)C2=O. The second kappa shape index (κ2) is 5.50. The first-order valence-corrected chi connectivity index (χ1v) is 9.74. The summed E-state index contributed by atoms with van der Waals surface area (Å²) >= 11 is 0. The van der Waals surface area contributed by atoms with E-state index in [9.17, 15) is 13.2 Å². The van der Waals surface area contributed by atoms with Gasteiger partial charge in [-0.1, -0.05) is 6.07 Å². The van der Waals surface area contributed by atoms with Crippen LogP contribution in [0.4, 0.5) is 0 Å². The largest absolute Gasteiger partial charge is 0.341 e. The molecule has 3 fully saturated rings. The number of carbonyl (C=O) groups is 1. The molecule has 0 N–H and O–H groups in total. The van der Waals surface area contributed by atoms with Gasteiger partial charge in [-0.25, -0.2) is 13.0 Å². The van der Waals surface area contributed by atoms with Gasteiger partial charge >= 0.3 is 0 Å². The molecule has 2 atom stereocenters. The lowest BCUT2D eigenvalue weighted by Crippen LogP contribution is -2.45. The Kier molecular flexibility index (Phi) is 3.62. The van der Waals surface area contributed by atoms with Crippen molar-refractivity contribution in [2.45, 2.75) is 37.6 Å². The number of fused-ring (bicyclic) bond motifs is 5. The quantitative estimate of drug-likeness (QED) is 0.791. The van der Waals surface area contributed by atoms with Gasteiger partial charge in [-0.15, -0.1) is 0 Å². The van der Waals surface area contributed by atoms with Crippen molar-refractivity contribution in [2.75, 3.05) is 20.1 Å². The zero-order chi connectivity index (χ0) is 17.9. The van der Waals surface area contributed by atoms with Gasteiger partial charge in [0.25, 0.3) is 0 Å². The highest BCUT2D eigenvalue weighted by molar-refractivity contribution is 7.89. The van der Waals surface area contributed by atoms with E-state index >= 15 is 0 Å². The van der Waals surface area contributed by atoms with Crippen LogP contribution in [0.25, 0.3) is 11.0 Å². The van der Waals surface area contributed by atoms with Crippen LogP contribution in [-0.4, -0.2) is 60.0 Å². The van der Waals surface area contributed by atoms with Crippen LogP contribution in [0.3, 0.4) is 0 Å². The van der Waals surface area contributed by atoms with Crippen LogP contribution in [-0.2, 0) is 14.8 Å². The molecule has 0 aliphatic carbocycles. The highest BCUT2D eigenvalue weighted by Crippen LogP contribution is 2.34. The Hall–Kier alpha value is -2.00. The minimum absolute atomic E-state index is 0.0304. The van der Waals surface area contributed by atoms with Gasteiger partial charge in [0.05, 0.1) is 5.92 Å². The van der Waals surface area contributed by atoms with E-state index in [0.717, 1.165) is 18.4 Å². The van der Waals surface area contributed by atoms with E-state index in [1.165, 1.54) is 4.31 Å². The first kappa shape index (κ1) is 16.5. The Balaban J connectivity index is 1.84. The Bertz CT molecular complexity index is 968. The monoisotopic (exact) mass is 364 g/mol. The van der Waals surface area contributed by atoms with E-state index in [2.05, 4.69) is 10.3 Å². The second-order valence-corrected chi connectivity index (χ2v) is 8.87. The molecule has 3 aliphatic heterocycles. The highest BCUT2D eigenvalue weighted by Gasteiger charge is 2.43. The molecule has 0 unspecified atom stereocenters. The molecule has 3 aliphatic rings. The third-order valence-corrected chi connectivity index (χ3v) is 7.41. The lowest BCUT2D eigenvalue weighted by atomic mass is 9.95. The Labute approximate surface area is 145 Å². The third-order valence-electron chi connectivity index (χ3n) is 5.40. The average molecular weight is 364 g/mol. The van der Waals surface area contributed by atoms with Crippen molar-refractivity contribution >= 4 is 27.0 Å². The van der Waals surface area contributed by atoms with Crippen LogP contribution in [0.15, 0.2) is 15.6 Å². The first-order chi connectivity index (χ1) is 11.8. The fourth-order valence-electron chi connectivity index (χ4n) is 4.01. The van der Waals surface area contributed by atoms with Crippen molar-refractivity contribution in [1.82, 2.24) is 19.5 Å². The maximum atomic E-state index is 13.4. The van der Waals surface area contributed by atoms with Gasteiger partial charge in [-0.2, -0.15) is 4.31 Å². The van der Waals surface area contributed by atoms with Gasteiger partial charge in [0.15, 0.2) is 5.52 Å². The van der Waals surface area contributed by atoms with Gasteiger partial charge in [-0.3, -0.25) is 4.79 Å². The van der Waals surface area contributed by atoms with Crippen LogP contribution >= 0.6 is 0 Å². The van der Waals surface area contributed by atoms with Crippen LogP contribution in [0.5, 0.6) is 0 Å². The molecule has 3 saturated heterocycles. The number of piperidine rings is 1. The summed E-state index contributed by atoms with van der Waals surface area (Å²) in [6.45, 7) is 4.11. The van der Waals surface area contributed by atoms with Crippen molar-refractivity contribution in [3.63, 3.8) is 0 Å². The van der Waals surface area contributed by atoms with Gasteiger partial charge in [0, 0.05) is 26.2 Å². The lowest BCUT2D eigenvalue weighted by Gasteiger charge is -2.32. The Morgan fingerprint density at radius 2 is 1.84 bits per heavy atom. The van der Waals surface area contributed by atoms with Gasteiger partial charge in [0.2, 0.25) is 15.9 Å². The molecule has 8 nitrogen and oxygen atoms in total. The number of likely N-dealkylation sites (N-methyl/N-ethyl adjacent to an activating group) is 1. The normalized spacial score (nSPS) is 24.9. The van der Waals surface area contributed by atoms with Crippen molar-refractivity contribution in [1.29, 1.82) is 0 Å². The minimum Gasteiger partial charge on any atom is -0.341 e. The molecule has 25 heavy (non-hydrogen) atoms. The molecule has 2 aromatic rings. The van der Waals surface area contributed by atoms with Crippen LogP contribution in [0, 0.1) is 19.8 Å². The number of hydrogen-bond acceptors (Lipinski definition) is 6. The molecule has 0 spiro atoms. The smallest absolute Gasteiger partial charge is 0.245 e. The average Bonchev–Trinajstić information content (AvgIpc) is 2.86. The fraction of sp³-hybridized carbons (Fsp3) is 0.562. The summed E-state index contributed by atoms with van der Waals surface area (Å²) in [4.78, 5) is 14.2. The van der Waals surface area contributed by atoms with E-state index in [4.69, 9.17) is 4.63 Å². The molecule has 1 amide bonds. The van der Waals surface area contributed by atoms with Gasteiger partial charge < -0.3 is 4.90 Å². The number of amides is 1. The highest BCUT2D eigenvalue weighted by atomic mass is 32.2. The Morgan fingerprint density at radius 3 is 2.60 bits per heavy atom. The summed E-state index contributed by atoms with van der Waals surface area (Å²) in [5, 5.41) is 7.67. The van der Waals surface area contributed by atoms with Crippen LogP contribution in [0.1, 0.15) is 24.0 Å². The summed E-state index contributed by atoms with van der Waals surface area (Å²) in [5.41, 5.74) is 2.14. The van der Waals surface area contributed by atoms with E-state index in [1.54, 1.807) is 24.9 Å². The standard InChI is InChI=1S/C16H20N4O4S/c1-9-6-10(2)15(14-13(9)17-24-18-14)25(22,23)20-7-11-4-5-12(8-20)19(3)16(11)21/h6,11-12H,4-5,7-8H2,1-3H3/t11-,12+/m1/s1. The minimum atomic E-state index is -3.81. The molecule has 2 bridgehead atoms. The maximum absolute atomic E-state index is 13.4. The number of sulfonamides is 1. The molecule has 0 radical (unpaired) electrons. The predicted octanol–water partition coefficient (Wildman–Crippen LogP) is 1.08. The van der Waals surface area contributed by atoms with Crippen LogP contribution < -0.4 is 0 Å². The molecule has 0 saturated carbocycles. The Morgan fingerprint density at radius 1 is 1.12 bits per heavy atom. The topological polar surface area (TPSA) is 96.6 Å². The zero-order valence-corrected chi connectivity index (χ0v) is 15.2. The van der Waals surface area contributed by atoms with E-state index in [0.29, 0.717) is 17.6 Å².